The van der Waals surface area contributed by atoms with Crippen LogP contribution in [0.2, 0.25) is 0 Å². The minimum absolute atomic E-state index is 0. The van der Waals surface area contributed by atoms with Crippen LogP contribution in [0.4, 0.5) is 0 Å². The van der Waals surface area contributed by atoms with Crippen molar-refractivity contribution < 1.29 is 9.53 Å². The summed E-state index contributed by atoms with van der Waals surface area (Å²) in [6.07, 6.45) is 2.84. The predicted octanol–water partition coefficient (Wildman–Crippen LogP) is 0.725. The van der Waals surface area contributed by atoms with Gasteiger partial charge in [-0.05, 0) is 25.9 Å². The number of hydrogen-bond acceptors (Lipinski definition) is 3. The van der Waals surface area contributed by atoms with Crippen LogP contribution in [0.1, 0.15) is 19.3 Å². The summed E-state index contributed by atoms with van der Waals surface area (Å²) in [6.45, 7) is 2.74. The van der Waals surface area contributed by atoms with Crippen LogP contribution in [-0.2, 0) is 9.53 Å². The number of piperidine rings is 1. The maximum atomic E-state index is 10.9. The fourth-order valence-corrected chi connectivity index (χ4v) is 1.92. The lowest BCUT2D eigenvalue weighted by molar-refractivity contribution is -0.137. The van der Waals surface area contributed by atoms with Crippen LogP contribution >= 0.6 is 12.4 Å². The summed E-state index contributed by atoms with van der Waals surface area (Å²) < 4.78 is 4.98. The second-order valence-corrected chi connectivity index (χ2v) is 3.59. The molecule has 70 valence electrons. The summed E-state index contributed by atoms with van der Waals surface area (Å²) in [7, 11) is 0. The minimum atomic E-state index is -0.00750. The number of hydrogen-bond donors (Lipinski definition) is 1. The van der Waals surface area contributed by atoms with Crippen LogP contribution in [0.5, 0.6) is 0 Å². The Balaban J connectivity index is 0.000000720. The number of carbonyl (C=O) groups is 1. The Labute approximate surface area is 78.3 Å². The molecule has 0 aromatic carbocycles. The molecule has 2 fully saturated rings. The highest BCUT2D eigenvalue weighted by Crippen LogP contribution is 2.37. The van der Waals surface area contributed by atoms with E-state index in [2.05, 4.69) is 5.32 Å². The van der Waals surface area contributed by atoms with Gasteiger partial charge in [0.25, 0.3) is 0 Å². The zero-order chi connectivity index (χ0) is 7.73. The van der Waals surface area contributed by atoms with E-state index in [4.69, 9.17) is 4.74 Å². The van der Waals surface area contributed by atoms with Crippen LogP contribution in [-0.4, -0.2) is 25.7 Å². The Morgan fingerprint density at radius 2 is 2.00 bits per heavy atom. The average Bonchev–Trinajstić information content (AvgIpc) is 2.34. The molecule has 2 aliphatic rings. The molecule has 12 heavy (non-hydrogen) atoms. The first-order valence-electron chi connectivity index (χ1n) is 4.17. The first-order valence-corrected chi connectivity index (χ1v) is 4.17. The van der Waals surface area contributed by atoms with Crippen molar-refractivity contribution in [2.24, 2.45) is 5.41 Å². The molecule has 2 aliphatic heterocycles. The first kappa shape index (κ1) is 9.81. The van der Waals surface area contributed by atoms with Crippen LogP contribution in [0.3, 0.4) is 0 Å². The van der Waals surface area contributed by atoms with Crippen molar-refractivity contribution in [3.05, 3.63) is 0 Å². The van der Waals surface area contributed by atoms with Gasteiger partial charge < -0.3 is 10.1 Å². The van der Waals surface area contributed by atoms with Gasteiger partial charge in [0.05, 0.1) is 13.0 Å². The van der Waals surface area contributed by atoms with Crippen molar-refractivity contribution in [1.82, 2.24) is 5.32 Å². The third kappa shape index (κ3) is 1.72. The highest BCUT2D eigenvalue weighted by atomic mass is 35.5. The monoisotopic (exact) mass is 191 g/mol. The largest absolute Gasteiger partial charge is 0.465 e. The zero-order valence-electron chi connectivity index (χ0n) is 6.97. The van der Waals surface area contributed by atoms with Gasteiger partial charge in [-0.25, -0.2) is 0 Å². The Morgan fingerprint density at radius 3 is 2.50 bits per heavy atom. The second-order valence-electron chi connectivity index (χ2n) is 3.59. The van der Waals surface area contributed by atoms with Crippen molar-refractivity contribution in [2.45, 2.75) is 19.3 Å². The van der Waals surface area contributed by atoms with Gasteiger partial charge in [-0.2, -0.15) is 0 Å². The lowest BCUT2D eigenvalue weighted by Crippen LogP contribution is -2.37. The third-order valence-corrected chi connectivity index (χ3v) is 2.72. The maximum absolute atomic E-state index is 10.9. The van der Waals surface area contributed by atoms with Crippen molar-refractivity contribution in [2.75, 3.05) is 19.7 Å². The molecule has 0 saturated carbocycles. The summed E-state index contributed by atoms with van der Waals surface area (Å²) in [5.41, 5.74) is 0.211. The van der Waals surface area contributed by atoms with Crippen LogP contribution in [0, 0.1) is 5.41 Å². The predicted molar refractivity (Wildman–Crippen MR) is 47.4 cm³/mol. The number of nitrogens with one attached hydrogen (secondary N) is 1. The molecule has 0 atom stereocenters. The van der Waals surface area contributed by atoms with E-state index in [0.717, 1.165) is 25.9 Å². The Hall–Kier alpha value is -0.280. The molecular weight excluding hydrogens is 178 g/mol. The van der Waals surface area contributed by atoms with Crippen molar-refractivity contribution in [3.8, 4) is 0 Å². The van der Waals surface area contributed by atoms with Gasteiger partial charge in [0.1, 0.15) is 0 Å². The summed E-state index contributed by atoms with van der Waals surface area (Å²) in [5.74, 6) is -0.00750. The molecule has 2 rings (SSSR count). The summed E-state index contributed by atoms with van der Waals surface area (Å²) in [6, 6.07) is 0. The van der Waals surface area contributed by atoms with E-state index in [1.54, 1.807) is 0 Å². The van der Waals surface area contributed by atoms with Crippen LogP contribution in [0.15, 0.2) is 0 Å². The number of halogens is 1. The highest BCUT2D eigenvalue weighted by Gasteiger charge is 2.40. The molecule has 2 heterocycles. The quantitative estimate of drug-likeness (QED) is 0.574. The Bertz CT molecular complexity index is 178. The number of carbonyl (C=O) groups excluding carboxylic acids is 1. The third-order valence-electron chi connectivity index (χ3n) is 2.72. The summed E-state index contributed by atoms with van der Waals surface area (Å²) >= 11 is 0. The fourth-order valence-electron chi connectivity index (χ4n) is 1.92. The van der Waals surface area contributed by atoms with E-state index in [1.165, 1.54) is 0 Å². The van der Waals surface area contributed by atoms with E-state index in [0.29, 0.717) is 13.0 Å². The van der Waals surface area contributed by atoms with Crippen molar-refractivity contribution in [1.29, 1.82) is 0 Å². The molecule has 0 unspecified atom stereocenters. The van der Waals surface area contributed by atoms with Gasteiger partial charge in [-0.3, -0.25) is 4.79 Å². The number of rotatable bonds is 0. The van der Waals surface area contributed by atoms with E-state index < -0.39 is 0 Å². The fraction of sp³-hybridized carbons (Fsp3) is 0.875. The topological polar surface area (TPSA) is 38.3 Å². The molecule has 2 saturated heterocycles. The Morgan fingerprint density at radius 1 is 1.33 bits per heavy atom. The molecule has 1 spiro atoms. The summed E-state index contributed by atoms with van der Waals surface area (Å²) in [4.78, 5) is 10.9. The normalized spacial score (nSPS) is 26.5. The molecule has 3 nitrogen and oxygen atoms in total. The molecule has 0 aromatic rings. The molecule has 0 radical (unpaired) electrons. The molecular formula is C8H14ClNO2. The molecule has 0 bridgehead atoms. The number of cyclic esters (lactones) is 1. The van der Waals surface area contributed by atoms with Gasteiger partial charge in [0, 0.05) is 5.41 Å². The van der Waals surface area contributed by atoms with E-state index in [1.807, 2.05) is 0 Å². The molecule has 0 aliphatic carbocycles. The first-order chi connectivity index (χ1) is 5.31. The van der Waals surface area contributed by atoms with Crippen molar-refractivity contribution >= 4 is 18.4 Å². The number of esters is 1. The van der Waals surface area contributed by atoms with Gasteiger partial charge in [0.2, 0.25) is 0 Å². The minimum Gasteiger partial charge on any atom is -0.465 e. The smallest absolute Gasteiger partial charge is 0.306 e. The van der Waals surface area contributed by atoms with E-state index in [-0.39, 0.29) is 23.8 Å². The molecule has 4 heteroatoms. The maximum Gasteiger partial charge on any atom is 0.306 e. The highest BCUT2D eigenvalue weighted by molar-refractivity contribution is 5.85. The van der Waals surface area contributed by atoms with Crippen molar-refractivity contribution in [3.63, 3.8) is 0 Å². The van der Waals surface area contributed by atoms with Gasteiger partial charge >= 0.3 is 5.97 Å². The summed E-state index contributed by atoms with van der Waals surface area (Å²) in [5, 5.41) is 3.28. The van der Waals surface area contributed by atoms with Crippen LogP contribution in [0.25, 0.3) is 0 Å². The second kappa shape index (κ2) is 3.62. The number of ether oxygens (including phenoxy) is 1. The lowest BCUT2D eigenvalue weighted by Gasteiger charge is -2.30. The van der Waals surface area contributed by atoms with E-state index in [9.17, 15) is 4.79 Å². The standard InChI is InChI=1S/C8H13NO2.ClH/c10-7-5-8(6-11-7)1-3-9-4-2-8;/h9H,1-6H2;1H. The van der Waals surface area contributed by atoms with E-state index >= 15 is 0 Å². The molecule has 1 N–H and O–H groups in total. The SMILES string of the molecule is Cl.O=C1CC2(CCNCC2)CO1. The molecule has 0 amide bonds. The van der Waals surface area contributed by atoms with Gasteiger partial charge in [-0.1, -0.05) is 0 Å². The average molecular weight is 192 g/mol. The van der Waals surface area contributed by atoms with Crippen LogP contribution < -0.4 is 5.32 Å². The van der Waals surface area contributed by atoms with Gasteiger partial charge in [0.15, 0.2) is 0 Å². The van der Waals surface area contributed by atoms with Gasteiger partial charge in [-0.15, -0.1) is 12.4 Å². The molecule has 0 aromatic heterocycles. The Kier molecular flexibility index (Phi) is 2.96. The zero-order valence-corrected chi connectivity index (χ0v) is 7.78. The lowest BCUT2D eigenvalue weighted by atomic mass is 9.78.